The minimum Gasteiger partial charge on any atom is -0.480 e. The molecule has 3 atom stereocenters. The van der Waals surface area contributed by atoms with Gasteiger partial charge in [-0.05, 0) is 32.2 Å². The minimum atomic E-state index is -0.791. The van der Waals surface area contributed by atoms with E-state index < -0.39 is 12.0 Å². The highest BCUT2D eigenvalue weighted by Crippen LogP contribution is 2.24. The molecule has 1 rings (SSSR count). The third-order valence-electron chi connectivity index (χ3n) is 3.26. The third kappa shape index (κ3) is 2.15. The molecule has 0 aliphatic carbocycles. The Morgan fingerprint density at radius 1 is 1.64 bits per heavy atom. The minimum absolute atomic E-state index is 0.336. The van der Waals surface area contributed by atoms with Gasteiger partial charge in [-0.2, -0.15) is 0 Å². The van der Waals surface area contributed by atoms with E-state index in [-0.39, 0.29) is 0 Å². The summed E-state index contributed by atoms with van der Waals surface area (Å²) in [5.74, 6) is -0.216. The van der Waals surface area contributed by atoms with E-state index in [2.05, 4.69) is 20.4 Å². The maximum absolute atomic E-state index is 11.0. The van der Waals surface area contributed by atoms with Gasteiger partial charge < -0.3 is 5.11 Å². The number of likely N-dealkylation sites (tertiary alicyclic amines) is 1. The normalized spacial score (nSPS) is 31.0. The molecule has 3 heteroatoms. The first kappa shape index (κ1) is 11.2. The fourth-order valence-corrected chi connectivity index (χ4v) is 2.14. The Balaban J connectivity index is 2.73. The van der Waals surface area contributed by atoms with Crippen molar-refractivity contribution in [3.05, 3.63) is 12.7 Å². The van der Waals surface area contributed by atoms with E-state index >= 15 is 0 Å². The zero-order valence-corrected chi connectivity index (χ0v) is 8.94. The number of nitrogens with zero attached hydrogens (tertiary/aromatic N) is 1. The van der Waals surface area contributed by atoms with E-state index in [1.54, 1.807) is 0 Å². The molecule has 1 aliphatic rings. The highest BCUT2D eigenvalue weighted by atomic mass is 16.4. The number of hydrogen-bond donors (Lipinski definition) is 1. The molecule has 1 saturated heterocycles. The molecule has 0 amide bonds. The Morgan fingerprint density at radius 2 is 2.29 bits per heavy atom. The number of rotatable bonds is 3. The Kier molecular flexibility index (Phi) is 3.69. The predicted octanol–water partition coefficient (Wildman–Crippen LogP) is 1.75. The molecule has 1 N–H and O–H groups in total. The number of hydrogen-bond acceptors (Lipinski definition) is 2. The van der Waals surface area contributed by atoms with Crippen molar-refractivity contribution >= 4 is 5.97 Å². The van der Waals surface area contributed by atoms with Crippen LogP contribution < -0.4 is 0 Å². The largest absolute Gasteiger partial charge is 0.480 e. The van der Waals surface area contributed by atoms with Crippen LogP contribution >= 0.6 is 0 Å². The second-order valence-electron chi connectivity index (χ2n) is 4.12. The first-order valence-corrected chi connectivity index (χ1v) is 5.19. The van der Waals surface area contributed by atoms with Crippen LogP contribution in [0.25, 0.3) is 0 Å². The Bertz CT molecular complexity index is 227. The molecule has 14 heavy (non-hydrogen) atoms. The molecule has 0 saturated carbocycles. The molecule has 1 aliphatic heterocycles. The number of carboxylic acid groups (broad SMARTS) is 1. The van der Waals surface area contributed by atoms with Crippen molar-refractivity contribution in [3.63, 3.8) is 0 Å². The van der Waals surface area contributed by atoms with Crippen LogP contribution in [-0.4, -0.2) is 34.6 Å². The van der Waals surface area contributed by atoms with E-state index in [9.17, 15) is 4.79 Å². The number of carboxylic acids is 1. The van der Waals surface area contributed by atoms with Gasteiger partial charge in [0.1, 0.15) is 6.04 Å². The first-order valence-electron chi connectivity index (χ1n) is 5.19. The van der Waals surface area contributed by atoms with Crippen LogP contribution in [0.2, 0.25) is 0 Å². The molecular weight excluding hydrogens is 178 g/mol. The summed E-state index contributed by atoms with van der Waals surface area (Å²) in [5, 5.41) is 9.02. The van der Waals surface area contributed by atoms with Crippen LogP contribution in [0.5, 0.6) is 0 Å². The van der Waals surface area contributed by atoms with Gasteiger partial charge in [-0.15, -0.1) is 6.58 Å². The van der Waals surface area contributed by atoms with Crippen molar-refractivity contribution in [2.45, 2.75) is 38.8 Å². The second kappa shape index (κ2) is 4.60. The summed E-state index contributed by atoms with van der Waals surface area (Å²) < 4.78 is 0. The van der Waals surface area contributed by atoms with Gasteiger partial charge in [-0.1, -0.05) is 13.0 Å². The quantitative estimate of drug-likeness (QED) is 0.701. The van der Waals surface area contributed by atoms with Gasteiger partial charge in [0.2, 0.25) is 0 Å². The number of aliphatic carboxylic acids is 1. The van der Waals surface area contributed by atoms with Gasteiger partial charge in [0.25, 0.3) is 0 Å². The molecule has 0 spiro atoms. The van der Waals surface area contributed by atoms with E-state index in [1.165, 1.54) is 12.5 Å². The van der Waals surface area contributed by atoms with E-state index in [0.29, 0.717) is 12.0 Å². The molecular formula is C11H19NO2. The van der Waals surface area contributed by atoms with Crippen LogP contribution in [0.4, 0.5) is 0 Å². The molecule has 1 fully saturated rings. The van der Waals surface area contributed by atoms with Crippen molar-refractivity contribution in [1.29, 1.82) is 0 Å². The van der Waals surface area contributed by atoms with Crippen LogP contribution in [0.1, 0.15) is 26.7 Å². The van der Waals surface area contributed by atoms with Gasteiger partial charge in [0, 0.05) is 6.04 Å². The summed E-state index contributed by atoms with van der Waals surface area (Å²) >= 11 is 0. The van der Waals surface area contributed by atoms with Crippen molar-refractivity contribution < 1.29 is 9.90 Å². The Morgan fingerprint density at radius 3 is 2.79 bits per heavy atom. The molecule has 0 aromatic heterocycles. The summed E-state index contributed by atoms with van der Waals surface area (Å²) in [4.78, 5) is 13.0. The summed E-state index contributed by atoms with van der Waals surface area (Å²) in [5.41, 5.74) is 0. The lowest BCUT2D eigenvalue weighted by Gasteiger charge is -2.40. The lowest BCUT2D eigenvalue weighted by Crippen LogP contribution is -2.50. The van der Waals surface area contributed by atoms with Crippen LogP contribution in [0.3, 0.4) is 0 Å². The van der Waals surface area contributed by atoms with Crippen LogP contribution in [0.15, 0.2) is 12.7 Å². The zero-order chi connectivity index (χ0) is 10.7. The van der Waals surface area contributed by atoms with Crippen molar-refractivity contribution in [3.8, 4) is 0 Å². The molecule has 1 heterocycles. The Hall–Kier alpha value is -0.830. The first-order chi connectivity index (χ1) is 6.57. The van der Waals surface area contributed by atoms with Crippen LogP contribution in [-0.2, 0) is 4.79 Å². The molecule has 0 aromatic rings. The van der Waals surface area contributed by atoms with Gasteiger partial charge in [0.15, 0.2) is 0 Å². The average Bonchev–Trinajstić information content (AvgIpc) is 2.13. The lowest BCUT2D eigenvalue weighted by molar-refractivity contribution is -0.143. The molecule has 3 unspecified atom stereocenters. The highest BCUT2D eigenvalue weighted by molar-refractivity contribution is 5.75. The Labute approximate surface area is 85.4 Å². The standard InChI is InChI=1S/C11H19NO2/c1-4-10(11(13)14)12-7-5-6-8(2)9(12)3/h4,8-10H,1,5-7H2,2-3H3,(H,13,14). The smallest absolute Gasteiger partial charge is 0.324 e. The second-order valence-corrected chi connectivity index (χ2v) is 4.12. The molecule has 80 valence electrons. The predicted molar refractivity (Wildman–Crippen MR) is 56.2 cm³/mol. The summed E-state index contributed by atoms with van der Waals surface area (Å²) in [6.07, 6.45) is 3.81. The van der Waals surface area contributed by atoms with E-state index in [4.69, 9.17) is 5.11 Å². The SMILES string of the molecule is C=CC(C(=O)O)N1CCCC(C)C1C. The summed E-state index contributed by atoms with van der Waals surface area (Å²) in [6, 6.07) is -0.185. The average molecular weight is 197 g/mol. The fraction of sp³-hybridized carbons (Fsp3) is 0.727. The van der Waals surface area contributed by atoms with Gasteiger partial charge in [-0.25, -0.2) is 0 Å². The summed E-state index contributed by atoms with van der Waals surface area (Å²) in [6.45, 7) is 8.74. The van der Waals surface area contributed by atoms with Gasteiger partial charge in [-0.3, -0.25) is 9.69 Å². The topological polar surface area (TPSA) is 40.5 Å². The lowest BCUT2D eigenvalue weighted by atomic mass is 9.91. The molecule has 0 aromatic carbocycles. The summed E-state index contributed by atoms with van der Waals surface area (Å²) in [7, 11) is 0. The zero-order valence-electron chi connectivity index (χ0n) is 8.94. The van der Waals surface area contributed by atoms with Crippen LogP contribution in [0, 0.1) is 5.92 Å². The van der Waals surface area contributed by atoms with Crippen molar-refractivity contribution in [2.24, 2.45) is 5.92 Å². The molecule has 0 radical (unpaired) electrons. The number of piperidine rings is 1. The van der Waals surface area contributed by atoms with Crippen molar-refractivity contribution in [2.75, 3.05) is 6.54 Å². The molecule has 0 bridgehead atoms. The highest BCUT2D eigenvalue weighted by Gasteiger charge is 2.32. The van der Waals surface area contributed by atoms with Gasteiger partial charge >= 0.3 is 5.97 Å². The monoisotopic (exact) mass is 197 g/mol. The van der Waals surface area contributed by atoms with E-state index in [0.717, 1.165) is 13.0 Å². The fourth-order valence-electron chi connectivity index (χ4n) is 2.14. The van der Waals surface area contributed by atoms with E-state index in [1.807, 2.05) is 4.90 Å². The maximum atomic E-state index is 11.0. The van der Waals surface area contributed by atoms with Gasteiger partial charge in [0.05, 0.1) is 0 Å². The van der Waals surface area contributed by atoms with Crippen molar-refractivity contribution in [1.82, 2.24) is 4.90 Å². The maximum Gasteiger partial charge on any atom is 0.324 e. The number of carbonyl (C=O) groups is 1. The third-order valence-corrected chi connectivity index (χ3v) is 3.26. The molecule has 3 nitrogen and oxygen atoms in total.